The number of carbonyl (C=O) groups excluding carboxylic acids is 2. The Morgan fingerprint density at radius 2 is 2.14 bits per heavy atom. The zero-order valence-electron chi connectivity index (χ0n) is 12.3. The standard InChI is InChI=1S/C14H21N5O2/c1-3-10-6-9(7-12(17-10)19-15)14(21)16-8(2)13(20)18-11-4-5-11/h6-8,11H,3-5,15H2,1-2H3,(H,16,21)(H,17,19)(H,18,20). The molecule has 7 nitrogen and oxygen atoms in total. The highest BCUT2D eigenvalue weighted by atomic mass is 16.2. The topological polar surface area (TPSA) is 109 Å². The third-order valence-electron chi connectivity index (χ3n) is 3.32. The van der Waals surface area contributed by atoms with Gasteiger partial charge in [0.25, 0.3) is 5.91 Å². The van der Waals surface area contributed by atoms with Gasteiger partial charge in [0.05, 0.1) is 0 Å². The molecule has 0 radical (unpaired) electrons. The predicted molar refractivity (Wildman–Crippen MR) is 79.5 cm³/mol. The lowest BCUT2D eigenvalue weighted by Crippen LogP contribution is -2.45. The van der Waals surface area contributed by atoms with E-state index in [0.29, 0.717) is 17.8 Å². The summed E-state index contributed by atoms with van der Waals surface area (Å²) in [6, 6.07) is 2.95. The highest BCUT2D eigenvalue weighted by Crippen LogP contribution is 2.18. The minimum Gasteiger partial charge on any atom is -0.352 e. The van der Waals surface area contributed by atoms with Crippen LogP contribution in [0.3, 0.4) is 0 Å². The van der Waals surface area contributed by atoms with Crippen LogP contribution in [0.25, 0.3) is 0 Å². The maximum absolute atomic E-state index is 12.2. The van der Waals surface area contributed by atoms with Crippen LogP contribution < -0.4 is 21.9 Å². The summed E-state index contributed by atoms with van der Waals surface area (Å²) in [6.07, 6.45) is 2.72. The van der Waals surface area contributed by atoms with E-state index >= 15 is 0 Å². The number of carbonyl (C=O) groups is 2. The molecule has 7 heteroatoms. The summed E-state index contributed by atoms with van der Waals surface area (Å²) >= 11 is 0. The second-order valence-corrected chi connectivity index (χ2v) is 5.21. The second kappa shape index (κ2) is 6.53. The molecule has 1 fully saturated rings. The van der Waals surface area contributed by atoms with Crippen LogP contribution in [0, 0.1) is 0 Å². The van der Waals surface area contributed by atoms with E-state index < -0.39 is 6.04 Å². The zero-order chi connectivity index (χ0) is 15.4. The average Bonchev–Trinajstić information content (AvgIpc) is 3.30. The lowest BCUT2D eigenvalue weighted by molar-refractivity contribution is -0.122. The van der Waals surface area contributed by atoms with Crippen LogP contribution in [0.5, 0.6) is 0 Å². The minimum absolute atomic E-state index is 0.159. The molecule has 2 rings (SSSR count). The molecule has 1 heterocycles. The van der Waals surface area contributed by atoms with Crippen molar-refractivity contribution in [3.63, 3.8) is 0 Å². The van der Waals surface area contributed by atoms with Crippen molar-refractivity contribution in [1.29, 1.82) is 0 Å². The number of amides is 2. The third kappa shape index (κ3) is 4.16. The molecule has 2 amide bonds. The molecule has 5 N–H and O–H groups in total. The number of hydrogen-bond donors (Lipinski definition) is 4. The zero-order valence-corrected chi connectivity index (χ0v) is 12.3. The van der Waals surface area contributed by atoms with Crippen LogP contribution >= 0.6 is 0 Å². The molecule has 1 atom stereocenters. The summed E-state index contributed by atoms with van der Waals surface area (Å²) < 4.78 is 0. The predicted octanol–water partition coefficient (Wildman–Crippen LogP) is 0.327. The largest absolute Gasteiger partial charge is 0.352 e. The maximum atomic E-state index is 12.2. The lowest BCUT2D eigenvalue weighted by atomic mass is 10.1. The molecule has 1 aromatic rings. The molecule has 0 aliphatic heterocycles. The van der Waals surface area contributed by atoms with Crippen LogP contribution in [-0.2, 0) is 11.2 Å². The van der Waals surface area contributed by atoms with Crippen molar-refractivity contribution in [2.45, 2.75) is 45.2 Å². The first-order chi connectivity index (χ1) is 10.0. The first-order valence-electron chi connectivity index (χ1n) is 7.12. The van der Waals surface area contributed by atoms with Gasteiger partial charge >= 0.3 is 0 Å². The number of anilines is 1. The highest BCUT2D eigenvalue weighted by molar-refractivity contribution is 5.98. The number of nitrogens with two attached hydrogens (primary N) is 1. The van der Waals surface area contributed by atoms with Crippen LogP contribution in [0.4, 0.5) is 5.82 Å². The van der Waals surface area contributed by atoms with Crippen molar-refractivity contribution < 1.29 is 9.59 Å². The summed E-state index contributed by atoms with van der Waals surface area (Å²) in [5.74, 6) is 5.29. The van der Waals surface area contributed by atoms with E-state index in [0.717, 1.165) is 18.5 Å². The number of aromatic nitrogens is 1. The summed E-state index contributed by atoms with van der Waals surface area (Å²) in [5.41, 5.74) is 3.62. The van der Waals surface area contributed by atoms with E-state index in [1.54, 1.807) is 19.1 Å². The first-order valence-corrected chi connectivity index (χ1v) is 7.12. The van der Waals surface area contributed by atoms with Gasteiger partial charge in [0, 0.05) is 17.3 Å². The van der Waals surface area contributed by atoms with E-state index in [-0.39, 0.29) is 17.9 Å². The number of nitrogens with one attached hydrogen (secondary N) is 3. The van der Waals surface area contributed by atoms with E-state index in [1.165, 1.54) is 0 Å². The van der Waals surface area contributed by atoms with Crippen molar-refractivity contribution in [1.82, 2.24) is 15.6 Å². The van der Waals surface area contributed by atoms with Crippen molar-refractivity contribution in [2.24, 2.45) is 5.84 Å². The second-order valence-electron chi connectivity index (χ2n) is 5.21. The summed E-state index contributed by atoms with van der Waals surface area (Å²) in [6.45, 7) is 3.61. The Bertz CT molecular complexity index is 520. The fourth-order valence-electron chi connectivity index (χ4n) is 1.87. The molecule has 0 bridgehead atoms. The van der Waals surface area contributed by atoms with Crippen molar-refractivity contribution in [3.05, 3.63) is 23.4 Å². The van der Waals surface area contributed by atoms with Gasteiger partial charge in [-0.15, -0.1) is 0 Å². The summed E-state index contributed by atoms with van der Waals surface area (Å²) in [7, 11) is 0. The Morgan fingerprint density at radius 3 is 2.71 bits per heavy atom. The van der Waals surface area contributed by atoms with Crippen LogP contribution in [0.2, 0.25) is 0 Å². The molecule has 1 saturated carbocycles. The number of rotatable bonds is 6. The molecule has 1 aromatic heterocycles. The average molecular weight is 291 g/mol. The van der Waals surface area contributed by atoms with Gasteiger partial charge in [-0.05, 0) is 38.3 Å². The van der Waals surface area contributed by atoms with Gasteiger partial charge in [0.1, 0.15) is 11.9 Å². The number of aryl methyl sites for hydroxylation is 1. The summed E-state index contributed by atoms with van der Waals surface area (Å²) in [4.78, 5) is 28.3. The Labute approximate surface area is 123 Å². The Kier molecular flexibility index (Phi) is 4.74. The van der Waals surface area contributed by atoms with E-state index in [1.807, 2.05) is 6.92 Å². The van der Waals surface area contributed by atoms with Gasteiger partial charge in [-0.2, -0.15) is 0 Å². The van der Waals surface area contributed by atoms with Gasteiger partial charge in [-0.1, -0.05) is 6.92 Å². The Balaban J connectivity index is 2.02. The van der Waals surface area contributed by atoms with Crippen LogP contribution in [0.1, 0.15) is 42.7 Å². The lowest BCUT2D eigenvalue weighted by Gasteiger charge is -2.14. The minimum atomic E-state index is -0.578. The SMILES string of the molecule is CCc1cc(C(=O)NC(C)C(=O)NC2CC2)cc(NN)n1. The molecular formula is C14H21N5O2. The molecule has 114 valence electrons. The van der Waals surface area contributed by atoms with E-state index in [2.05, 4.69) is 21.0 Å². The molecule has 21 heavy (non-hydrogen) atoms. The summed E-state index contributed by atoms with van der Waals surface area (Å²) in [5, 5.41) is 5.54. The Morgan fingerprint density at radius 1 is 1.43 bits per heavy atom. The number of hydrazine groups is 1. The Hall–Kier alpha value is -2.15. The smallest absolute Gasteiger partial charge is 0.252 e. The first kappa shape index (κ1) is 15.2. The normalized spacial score (nSPS) is 15.2. The fourth-order valence-corrected chi connectivity index (χ4v) is 1.87. The van der Waals surface area contributed by atoms with Crippen LogP contribution in [-0.4, -0.2) is 28.9 Å². The third-order valence-corrected chi connectivity index (χ3v) is 3.32. The quantitative estimate of drug-likeness (QED) is 0.446. The van der Waals surface area contributed by atoms with Gasteiger partial charge in [-0.3, -0.25) is 9.59 Å². The fraction of sp³-hybridized carbons (Fsp3) is 0.500. The van der Waals surface area contributed by atoms with Crippen molar-refractivity contribution in [2.75, 3.05) is 5.43 Å². The van der Waals surface area contributed by atoms with E-state index in [9.17, 15) is 9.59 Å². The molecule has 0 spiro atoms. The molecule has 1 aliphatic carbocycles. The van der Waals surface area contributed by atoms with Gasteiger partial charge in [-0.25, -0.2) is 10.8 Å². The van der Waals surface area contributed by atoms with Gasteiger partial charge < -0.3 is 16.1 Å². The van der Waals surface area contributed by atoms with Crippen molar-refractivity contribution >= 4 is 17.6 Å². The highest BCUT2D eigenvalue weighted by Gasteiger charge is 2.26. The molecule has 1 unspecified atom stereocenters. The van der Waals surface area contributed by atoms with Gasteiger partial charge in [0.15, 0.2) is 0 Å². The molecule has 0 saturated heterocycles. The molecular weight excluding hydrogens is 270 g/mol. The number of nitrogens with zero attached hydrogens (tertiary/aromatic N) is 1. The van der Waals surface area contributed by atoms with Gasteiger partial charge in [0.2, 0.25) is 5.91 Å². The van der Waals surface area contributed by atoms with Crippen LogP contribution in [0.15, 0.2) is 12.1 Å². The number of nitrogen functional groups attached to an aromatic ring is 1. The molecule has 1 aliphatic rings. The van der Waals surface area contributed by atoms with Crippen molar-refractivity contribution in [3.8, 4) is 0 Å². The van der Waals surface area contributed by atoms with E-state index in [4.69, 9.17) is 5.84 Å². The monoisotopic (exact) mass is 291 g/mol. The molecule has 0 aromatic carbocycles. The maximum Gasteiger partial charge on any atom is 0.252 e. The number of hydrogen-bond acceptors (Lipinski definition) is 5. The number of pyridine rings is 1.